The maximum Gasteiger partial charge on any atom is 0.312 e. The number of nitrogens with zero attached hydrogens (tertiary/aromatic N) is 2. The highest BCUT2D eigenvalue weighted by Crippen LogP contribution is 2.12. The molecule has 0 saturated carbocycles. The molecule has 8 nitrogen and oxygen atoms in total. The van der Waals surface area contributed by atoms with Crippen molar-refractivity contribution in [2.45, 2.75) is 6.54 Å². The predicted molar refractivity (Wildman–Crippen MR) is 96.0 cm³/mol. The van der Waals surface area contributed by atoms with Gasteiger partial charge < -0.3 is 24.3 Å². The second-order valence-electron chi connectivity index (χ2n) is 6.09. The van der Waals surface area contributed by atoms with Crippen molar-refractivity contribution < 1.29 is 23.5 Å². The summed E-state index contributed by atoms with van der Waals surface area (Å²) in [6, 6.07) is 10.5. The molecule has 142 valence electrons. The van der Waals surface area contributed by atoms with Gasteiger partial charge in [-0.2, -0.15) is 0 Å². The van der Waals surface area contributed by atoms with Gasteiger partial charge in [0, 0.05) is 32.7 Å². The van der Waals surface area contributed by atoms with Crippen molar-refractivity contribution in [2.24, 2.45) is 0 Å². The van der Waals surface area contributed by atoms with Crippen LogP contribution in [0.25, 0.3) is 0 Å². The monoisotopic (exact) mass is 371 g/mol. The summed E-state index contributed by atoms with van der Waals surface area (Å²) in [5.41, 5.74) is 0.866. The third-order valence-corrected chi connectivity index (χ3v) is 4.39. The Labute approximate surface area is 156 Å². The van der Waals surface area contributed by atoms with E-state index in [1.807, 2.05) is 12.1 Å². The molecule has 0 unspecified atom stereocenters. The van der Waals surface area contributed by atoms with Gasteiger partial charge in [-0.15, -0.1) is 0 Å². The summed E-state index contributed by atoms with van der Waals surface area (Å²) in [4.78, 5) is 39.7. The number of piperazine rings is 1. The predicted octanol–water partition coefficient (Wildman–Crippen LogP) is 0.889. The molecule has 2 aromatic rings. The number of nitrogens with one attached hydrogen (secondary N) is 1. The molecule has 1 aliphatic rings. The molecular weight excluding hydrogens is 350 g/mol. The zero-order valence-corrected chi connectivity index (χ0v) is 15.0. The molecule has 27 heavy (non-hydrogen) atoms. The summed E-state index contributed by atoms with van der Waals surface area (Å²) in [7, 11) is 1.58. The third kappa shape index (κ3) is 4.46. The first-order valence-electron chi connectivity index (χ1n) is 8.61. The Morgan fingerprint density at radius 3 is 2.30 bits per heavy atom. The highest BCUT2D eigenvalue weighted by molar-refractivity contribution is 6.35. The van der Waals surface area contributed by atoms with Crippen molar-refractivity contribution >= 4 is 17.7 Å². The summed E-state index contributed by atoms with van der Waals surface area (Å²) in [6.45, 7) is 1.59. The molecule has 1 saturated heterocycles. The Morgan fingerprint density at radius 1 is 1.04 bits per heavy atom. The van der Waals surface area contributed by atoms with Gasteiger partial charge in [0.25, 0.3) is 5.91 Å². The van der Waals surface area contributed by atoms with Gasteiger partial charge in [0.1, 0.15) is 5.75 Å². The first-order valence-corrected chi connectivity index (χ1v) is 8.61. The number of methoxy groups -OCH3 is 1. The minimum atomic E-state index is -0.656. The van der Waals surface area contributed by atoms with E-state index in [4.69, 9.17) is 9.15 Å². The maximum absolute atomic E-state index is 12.3. The van der Waals surface area contributed by atoms with Gasteiger partial charge in [0.05, 0.1) is 13.4 Å². The van der Waals surface area contributed by atoms with Crippen LogP contribution < -0.4 is 10.1 Å². The molecule has 3 rings (SSSR count). The number of carbonyl (C=O) groups is 3. The Hall–Kier alpha value is -3.29. The molecule has 0 aliphatic carbocycles. The zero-order valence-electron chi connectivity index (χ0n) is 15.0. The summed E-state index contributed by atoms with van der Waals surface area (Å²) in [5.74, 6) is -0.462. The van der Waals surface area contributed by atoms with Crippen molar-refractivity contribution in [3.05, 3.63) is 54.0 Å². The number of hydrogen-bond donors (Lipinski definition) is 1. The molecule has 8 heteroatoms. The van der Waals surface area contributed by atoms with Crippen LogP contribution >= 0.6 is 0 Å². The Balaban J connectivity index is 1.46. The molecule has 0 spiro atoms. The van der Waals surface area contributed by atoms with Crippen LogP contribution in [-0.2, 0) is 16.1 Å². The van der Waals surface area contributed by atoms with Crippen LogP contribution in [0.2, 0.25) is 0 Å². The third-order valence-electron chi connectivity index (χ3n) is 4.39. The number of rotatable bonds is 4. The second-order valence-corrected chi connectivity index (χ2v) is 6.09. The van der Waals surface area contributed by atoms with Gasteiger partial charge in [0.15, 0.2) is 5.76 Å². The van der Waals surface area contributed by atoms with Gasteiger partial charge in [-0.05, 0) is 29.8 Å². The van der Waals surface area contributed by atoms with Crippen molar-refractivity contribution in [1.29, 1.82) is 0 Å². The largest absolute Gasteiger partial charge is 0.497 e. The maximum atomic E-state index is 12.3. The van der Waals surface area contributed by atoms with Crippen molar-refractivity contribution in [2.75, 3.05) is 33.3 Å². The minimum Gasteiger partial charge on any atom is -0.497 e. The molecule has 0 atom stereocenters. The van der Waals surface area contributed by atoms with E-state index in [1.165, 1.54) is 11.2 Å². The van der Waals surface area contributed by atoms with Crippen molar-refractivity contribution in [3.63, 3.8) is 0 Å². The number of benzene rings is 1. The van der Waals surface area contributed by atoms with E-state index in [0.717, 1.165) is 11.3 Å². The molecule has 1 aliphatic heterocycles. The van der Waals surface area contributed by atoms with Crippen LogP contribution in [0.4, 0.5) is 0 Å². The van der Waals surface area contributed by atoms with Crippen LogP contribution in [0, 0.1) is 0 Å². The first kappa shape index (κ1) is 18.5. The van der Waals surface area contributed by atoms with E-state index >= 15 is 0 Å². The topological polar surface area (TPSA) is 92.1 Å². The number of furan rings is 1. The minimum absolute atomic E-state index is 0.212. The molecule has 1 fully saturated rings. The van der Waals surface area contributed by atoms with Gasteiger partial charge in [-0.3, -0.25) is 14.4 Å². The molecular formula is C19H21N3O5. The van der Waals surface area contributed by atoms with Gasteiger partial charge in [-0.25, -0.2) is 0 Å². The van der Waals surface area contributed by atoms with Crippen LogP contribution in [0.3, 0.4) is 0 Å². The number of hydrogen-bond acceptors (Lipinski definition) is 5. The lowest BCUT2D eigenvalue weighted by atomic mass is 10.2. The van der Waals surface area contributed by atoms with E-state index in [0.29, 0.717) is 26.2 Å². The second kappa shape index (κ2) is 8.39. The van der Waals surface area contributed by atoms with E-state index in [1.54, 1.807) is 36.3 Å². The summed E-state index contributed by atoms with van der Waals surface area (Å²) < 4.78 is 10.2. The first-order chi connectivity index (χ1) is 13.1. The number of ether oxygens (including phenoxy) is 1. The highest BCUT2D eigenvalue weighted by atomic mass is 16.5. The van der Waals surface area contributed by atoms with Crippen LogP contribution in [-0.4, -0.2) is 60.8 Å². The zero-order chi connectivity index (χ0) is 19.2. The van der Waals surface area contributed by atoms with Crippen molar-refractivity contribution in [3.8, 4) is 5.75 Å². The summed E-state index contributed by atoms with van der Waals surface area (Å²) in [5, 5.41) is 2.62. The summed E-state index contributed by atoms with van der Waals surface area (Å²) in [6.07, 6.45) is 1.44. The summed E-state index contributed by atoms with van der Waals surface area (Å²) >= 11 is 0. The highest BCUT2D eigenvalue weighted by Gasteiger charge is 2.28. The number of carbonyl (C=O) groups excluding carboxylic acids is 3. The molecule has 3 amide bonds. The van der Waals surface area contributed by atoms with Crippen LogP contribution in [0.5, 0.6) is 5.75 Å². The lowest BCUT2D eigenvalue weighted by Crippen LogP contribution is -2.53. The van der Waals surface area contributed by atoms with E-state index < -0.39 is 11.8 Å². The number of amides is 3. The Kier molecular flexibility index (Phi) is 5.75. The van der Waals surface area contributed by atoms with E-state index in [-0.39, 0.29) is 18.2 Å². The normalized spacial score (nSPS) is 14.0. The Morgan fingerprint density at radius 2 is 1.70 bits per heavy atom. The van der Waals surface area contributed by atoms with Gasteiger partial charge in [-0.1, -0.05) is 12.1 Å². The van der Waals surface area contributed by atoms with Crippen molar-refractivity contribution in [1.82, 2.24) is 15.1 Å². The van der Waals surface area contributed by atoms with Crippen LogP contribution in [0.15, 0.2) is 47.1 Å². The SMILES string of the molecule is COc1ccc(CNC(=O)C(=O)N2CCN(C(=O)c3ccco3)CC2)cc1. The lowest BCUT2D eigenvalue weighted by Gasteiger charge is -2.33. The molecule has 1 aromatic heterocycles. The van der Waals surface area contributed by atoms with Crippen LogP contribution in [0.1, 0.15) is 16.1 Å². The fraction of sp³-hybridized carbons (Fsp3) is 0.316. The van der Waals surface area contributed by atoms with E-state index in [2.05, 4.69) is 5.32 Å². The van der Waals surface area contributed by atoms with E-state index in [9.17, 15) is 14.4 Å². The molecule has 1 N–H and O–H groups in total. The molecule has 0 bridgehead atoms. The quantitative estimate of drug-likeness (QED) is 0.806. The fourth-order valence-electron chi connectivity index (χ4n) is 2.81. The Bertz CT molecular complexity index is 793. The average Bonchev–Trinajstić information content (AvgIpc) is 3.26. The molecule has 0 radical (unpaired) electrons. The molecule has 2 heterocycles. The fourth-order valence-corrected chi connectivity index (χ4v) is 2.81. The van der Waals surface area contributed by atoms with Gasteiger partial charge in [0.2, 0.25) is 0 Å². The standard InChI is InChI=1S/C19H21N3O5/c1-26-15-6-4-14(5-7-15)13-20-17(23)19(25)22-10-8-21(9-11-22)18(24)16-3-2-12-27-16/h2-7,12H,8-11,13H2,1H3,(H,20,23). The average molecular weight is 371 g/mol. The smallest absolute Gasteiger partial charge is 0.312 e. The van der Waals surface area contributed by atoms with Gasteiger partial charge >= 0.3 is 11.8 Å². The molecule has 1 aromatic carbocycles. The lowest BCUT2D eigenvalue weighted by molar-refractivity contribution is -0.146.